The maximum Gasteiger partial charge on any atom is 0.00471 e. The molecule has 1 aliphatic carbocycles. The van der Waals surface area contributed by atoms with Crippen LogP contribution in [0.3, 0.4) is 0 Å². The standard InChI is InChI=1S/C15H31N3/c1-17-9-6-14(10-17)11-18(2)13-15(12-16)7-4-3-5-8-15/h14H,3-13,16H2,1-2H3. The van der Waals surface area contributed by atoms with E-state index in [9.17, 15) is 0 Å². The van der Waals surface area contributed by atoms with Crippen LogP contribution in [-0.2, 0) is 0 Å². The molecule has 1 atom stereocenters. The summed E-state index contributed by atoms with van der Waals surface area (Å²) in [5.41, 5.74) is 6.51. The normalized spacial score (nSPS) is 29.0. The fourth-order valence-corrected chi connectivity index (χ4v) is 3.98. The van der Waals surface area contributed by atoms with Gasteiger partial charge in [0, 0.05) is 19.6 Å². The molecule has 0 aromatic carbocycles. The lowest BCUT2D eigenvalue weighted by Crippen LogP contribution is -2.44. The largest absolute Gasteiger partial charge is 0.330 e. The predicted molar refractivity (Wildman–Crippen MR) is 77.7 cm³/mol. The van der Waals surface area contributed by atoms with E-state index in [1.807, 2.05) is 0 Å². The third kappa shape index (κ3) is 3.69. The van der Waals surface area contributed by atoms with Crippen LogP contribution in [0.1, 0.15) is 38.5 Å². The summed E-state index contributed by atoms with van der Waals surface area (Å²) >= 11 is 0. The maximum atomic E-state index is 6.08. The van der Waals surface area contributed by atoms with Crippen molar-refractivity contribution in [2.45, 2.75) is 38.5 Å². The molecule has 0 radical (unpaired) electrons. The maximum absolute atomic E-state index is 6.08. The SMILES string of the molecule is CN1CCC(CN(C)CC2(CN)CCCCC2)C1. The quantitative estimate of drug-likeness (QED) is 0.810. The van der Waals surface area contributed by atoms with Gasteiger partial charge in [-0.3, -0.25) is 0 Å². The molecular formula is C15H31N3. The zero-order valence-corrected chi connectivity index (χ0v) is 12.3. The van der Waals surface area contributed by atoms with Gasteiger partial charge >= 0.3 is 0 Å². The van der Waals surface area contributed by atoms with Crippen LogP contribution in [-0.4, -0.2) is 56.6 Å². The van der Waals surface area contributed by atoms with Crippen molar-refractivity contribution in [3.05, 3.63) is 0 Å². The highest BCUT2D eigenvalue weighted by atomic mass is 15.2. The van der Waals surface area contributed by atoms with E-state index in [2.05, 4.69) is 23.9 Å². The van der Waals surface area contributed by atoms with Crippen molar-refractivity contribution in [1.29, 1.82) is 0 Å². The Morgan fingerprint density at radius 3 is 2.56 bits per heavy atom. The Hall–Kier alpha value is -0.120. The summed E-state index contributed by atoms with van der Waals surface area (Å²) in [6.45, 7) is 5.90. The minimum absolute atomic E-state index is 0.428. The molecule has 2 rings (SSSR count). The first kappa shape index (κ1) is 14.3. The van der Waals surface area contributed by atoms with Gasteiger partial charge < -0.3 is 15.5 Å². The van der Waals surface area contributed by atoms with Crippen molar-refractivity contribution < 1.29 is 0 Å². The first-order chi connectivity index (χ1) is 8.63. The lowest BCUT2D eigenvalue weighted by atomic mass is 9.73. The van der Waals surface area contributed by atoms with Crippen molar-refractivity contribution in [2.24, 2.45) is 17.1 Å². The van der Waals surface area contributed by atoms with Crippen LogP contribution in [0.25, 0.3) is 0 Å². The number of rotatable bonds is 5. The van der Waals surface area contributed by atoms with Gasteiger partial charge in [0.2, 0.25) is 0 Å². The molecule has 0 aromatic heterocycles. The highest BCUT2D eigenvalue weighted by Gasteiger charge is 2.32. The van der Waals surface area contributed by atoms with Gasteiger partial charge in [0.05, 0.1) is 0 Å². The average molecular weight is 253 g/mol. The number of likely N-dealkylation sites (tertiary alicyclic amines) is 1. The second kappa shape index (κ2) is 6.36. The molecular weight excluding hydrogens is 222 g/mol. The molecule has 1 aliphatic heterocycles. The van der Waals surface area contributed by atoms with Gasteiger partial charge in [0.1, 0.15) is 0 Å². The predicted octanol–water partition coefficient (Wildman–Crippen LogP) is 1.78. The Morgan fingerprint density at radius 1 is 1.28 bits per heavy atom. The average Bonchev–Trinajstić information content (AvgIpc) is 2.75. The first-order valence-electron chi connectivity index (χ1n) is 7.71. The van der Waals surface area contributed by atoms with Gasteiger partial charge in [-0.2, -0.15) is 0 Å². The minimum atomic E-state index is 0.428. The van der Waals surface area contributed by atoms with Crippen LogP contribution in [0, 0.1) is 11.3 Å². The zero-order chi connectivity index (χ0) is 13.0. The summed E-state index contributed by atoms with van der Waals surface area (Å²) in [6.07, 6.45) is 8.25. The van der Waals surface area contributed by atoms with Gasteiger partial charge in [-0.1, -0.05) is 19.3 Å². The molecule has 106 valence electrons. The molecule has 18 heavy (non-hydrogen) atoms. The molecule has 0 bridgehead atoms. The Labute approximate surface area is 113 Å². The highest BCUT2D eigenvalue weighted by molar-refractivity contribution is 4.87. The Bertz CT molecular complexity index is 248. The van der Waals surface area contributed by atoms with Crippen molar-refractivity contribution >= 4 is 0 Å². The number of nitrogens with two attached hydrogens (primary N) is 1. The molecule has 1 heterocycles. The van der Waals surface area contributed by atoms with Crippen LogP contribution in [0.4, 0.5) is 0 Å². The molecule has 0 spiro atoms. The molecule has 3 nitrogen and oxygen atoms in total. The highest BCUT2D eigenvalue weighted by Crippen LogP contribution is 2.36. The topological polar surface area (TPSA) is 32.5 Å². The van der Waals surface area contributed by atoms with Gasteiger partial charge in [0.15, 0.2) is 0 Å². The van der Waals surface area contributed by atoms with Crippen molar-refractivity contribution in [3.63, 3.8) is 0 Å². The molecule has 1 saturated carbocycles. The summed E-state index contributed by atoms with van der Waals surface area (Å²) in [5.74, 6) is 0.874. The van der Waals surface area contributed by atoms with E-state index in [1.54, 1.807) is 0 Å². The molecule has 2 N–H and O–H groups in total. The fourth-order valence-electron chi connectivity index (χ4n) is 3.98. The van der Waals surface area contributed by atoms with Crippen LogP contribution >= 0.6 is 0 Å². The smallest absolute Gasteiger partial charge is 0.00471 e. The van der Waals surface area contributed by atoms with Crippen LogP contribution < -0.4 is 5.73 Å². The van der Waals surface area contributed by atoms with E-state index >= 15 is 0 Å². The van der Waals surface area contributed by atoms with Crippen LogP contribution in [0.2, 0.25) is 0 Å². The second-order valence-corrected chi connectivity index (χ2v) is 6.88. The summed E-state index contributed by atoms with van der Waals surface area (Å²) < 4.78 is 0. The monoisotopic (exact) mass is 253 g/mol. The van der Waals surface area contributed by atoms with Crippen LogP contribution in [0.15, 0.2) is 0 Å². The number of hydrogen-bond donors (Lipinski definition) is 1. The number of nitrogens with zero attached hydrogens (tertiary/aromatic N) is 2. The van der Waals surface area contributed by atoms with E-state index in [4.69, 9.17) is 5.73 Å². The second-order valence-electron chi connectivity index (χ2n) is 6.88. The summed E-state index contributed by atoms with van der Waals surface area (Å²) in [5, 5.41) is 0. The van der Waals surface area contributed by atoms with Gasteiger partial charge in [0.25, 0.3) is 0 Å². The molecule has 2 aliphatic rings. The molecule has 2 fully saturated rings. The van der Waals surface area contributed by atoms with E-state index < -0.39 is 0 Å². The Kier molecular flexibility index (Phi) is 5.05. The molecule has 1 saturated heterocycles. The van der Waals surface area contributed by atoms with Gasteiger partial charge in [-0.15, -0.1) is 0 Å². The summed E-state index contributed by atoms with van der Waals surface area (Å²) in [6, 6.07) is 0. The first-order valence-corrected chi connectivity index (χ1v) is 7.71. The molecule has 3 heteroatoms. The van der Waals surface area contributed by atoms with Gasteiger partial charge in [-0.25, -0.2) is 0 Å². The van der Waals surface area contributed by atoms with Crippen LogP contribution in [0.5, 0.6) is 0 Å². The number of hydrogen-bond acceptors (Lipinski definition) is 3. The molecule has 0 aromatic rings. The third-order valence-electron chi connectivity index (χ3n) is 5.01. The summed E-state index contributed by atoms with van der Waals surface area (Å²) in [4.78, 5) is 5.01. The molecule has 0 amide bonds. The van der Waals surface area contributed by atoms with E-state index in [0.29, 0.717) is 5.41 Å². The van der Waals surface area contributed by atoms with E-state index in [0.717, 1.165) is 12.5 Å². The van der Waals surface area contributed by atoms with Crippen molar-refractivity contribution in [3.8, 4) is 0 Å². The lowest BCUT2D eigenvalue weighted by Gasteiger charge is -2.40. The van der Waals surface area contributed by atoms with E-state index in [-0.39, 0.29) is 0 Å². The molecule has 1 unspecified atom stereocenters. The third-order valence-corrected chi connectivity index (χ3v) is 5.01. The van der Waals surface area contributed by atoms with E-state index in [1.165, 1.54) is 64.7 Å². The summed E-state index contributed by atoms with van der Waals surface area (Å²) in [7, 11) is 4.53. The van der Waals surface area contributed by atoms with Gasteiger partial charge in [-0.05, 0) is 57.8 Å². The Morgan fingerprint density at radius 2 is 2.00 bits per heavy atom. The zero-order valence-electron chi connectivity index (χ0n) is 12.3. The van der Waals surface area contributed by atoms with Crippen molar-refractivity contribution in [1.82, 2.24) is 9.80 Å². The minimum Gasteiger partial charge on any atom is -0.330 e. The lowest BCUT2D eigenvalue weighted by molar-refractivity contribution is 0.118. The Balaban J connectivity index is 1.79. The van der Waals surface area contributed by atoms with Crippen molar-refractivity contribution in [2.75, 3.05) is 46.8 Å². The fraction of sp³-hybridized carbons (Fsp3) is 1.00.